The largest absolute Gasteiger partial charge is 0.460 e. The molecule has 21 heavy (non-hydrogen) atoms. The fourth-order valence-electron chi connectivity index (χ4n) is 1.64. The van der Waals surface area contributed by atoms with Crippen LogP contribution in [0.4, 0.5) is 5.69 Å². The number of furan rings is 1. The van der Waals surface area contributed by atoms with Gasteiger partial charge in [0.1, 0.15) is 17.6 Å². The van der Waals surface area contributed by atoms with E-state index in [1.54, 1.807) is 37.3 Å². The Balaban J connectivity index is 1.85. The molecule has 0 aliphatic rings. The van der Waals surface area contributed by atoms with Crippen LogP contribution in [0.3, 0.4) is 0 Å². The van der Waals surface area contributed by atoms with Crippen molar-refractivity contribution < 1.29 is 9.21 Å². The standard InChI is InChI=1S/C15H16ClN3O2/c1-10-3-8-14(21-10)9-17-19-15(20)11(2)18-13-6-4-12(16)5-7-13/h3-9,11,18H,1-2H3,(H,19,20). The summed E-state index contributed by atoms with van der Waals surface area (Å²) >= 11 is 5.80. The highest BCUT2D eigenvalue weighted by molar-refractivity contribution is 6.30. The maximum atomic E-state index is 11.9. The van der Waals surface area contributed by atoms with Gasteiger partial charge in [0.2, 0.25) is 0 Å². The molecular formula is C15H16ClN3O2. The third-order valence-corrected chi connectivity index (χ3v) is 3.00. The number of carbonyl (C=O) groups is 1. The van der Waals surface area contributed by atoms with E-state index in [2.05, 4.69) is 15.8 Å². The van der Waals surface area contributed by atoms with Gasteiger partial charge in [-0.05, 0) is 50.2 Å². The van der Waals surface area contributed by atoms with E-state index in [4.69, 9.17) is 16.0 Å². The molecule has 0 aliphatic heterocycles. The molecule has 1 heterocycles. The minimum atomic E-state index is -0.429. The highest BCUT2D eigenvalue weighted by Crippen LogP contribution is 2.14. The second-order valence-electron chi connectivity index (χ2n) is 4.56. The topological polar surface area (TPSA) is 66.6 Å². The first-order valence-electron chi connectivity index (χ1n) is 6.46. The maximum absolute atomic E-state index is 11.9. The van der Waals surface area contributed by atoms with Crippen molar-refractivity contribution in [2.45, 2.75) is 19.9 Å². The average molecular weight is 306 g/mol. The fourth-order valence-corrected chi connectivity index (χ4v) is 1.77. The van der Waals surface area contributed by atoms with Crippen LogP contribution < -0.4 is 10.7 Å². The number of hydrazone groups is 1. The van der Waals surface area contributed by atoms with E-state index < -0.39 is 6.04 Å². The molecule has 0 spiro atoms. The van der Waals surface area contributed by atoms with Crippen molar-refractivity contribution in [3.63, 3.8) is 0 Å². The fraction of sp³-hybridized carbons (Fsp3) is 0.200. The molecule has 0 radical (unpaired) electrons. The first-order valence-corrected chi connectivity index (χ1v) is 6.84. The maximum Gasteiger partial charge on any atom is 0.262 e. The number of nitrogens with one attached hydrogen (secondary N) is 2. The van der Waals surface area contributed by atoms with E-state index in [-0.39, 0.29) is 5.91 Å². The van der Waals surface area contributed by atoms with Crippen LogP contribution in [0.25, 0.3) is 0 Å². The zero-order valence-electron chi connectivity index (χ0n) is 11.8. The van der Waals surface area contributed by atoms with Crippen LogP contribution in [-0.2, 0) is 4.79 Å². The number of benzene rings is 1. The minimum absolute atomic E-state index is 0.246. The zero-order valence-corrected chi connectivity index (χ0v) is 12.5. The normalized spacial score (nSPS) is 12.3. The van der Waals surface area contributed by atoms with Crippen molar-refractivity contribution in [2.24, 2.45) is 5.10 Å². The van der Waals surface area contributed by atoms with Crippen molar-refractivity contribution in [3.05, 3.63) is 52.9 Å². The summed E-state index contributed by atoms with van der Waals surface area (Å²) in [5, 5.41) is 7.55. The minimum Gasteiger partial charge on any atom is -0.460 e. The number of anilines is 1. The van der Waals surface area contributed by atoms with E-state index in [1.807, 2.05) is 13.0 Å². The third-order valence-electron chi connectivity index (χ3n) is 2.75. The Morgan fingerprint density at radius 1 is 1.29 bits per heavy atom. The Bertz CT molecular complexity index is 635. The predicted octanol–water partition coefficient (Wildman–Crippen LogP) is 3.19. The van der Waals surface area contributed by atoms with Crippen molar-refractivity contribution in [3.8, 4) is 0 Å². The lowest BCUT2D eigenvalue weighted by Gasteiger charge is -2.13. The van der Waals surface area contributed by atoms with Gasteiger partial charge in [0.15, 0.2) is 0 Å². The van der Waals surface area contributed by atoms with Gasteiger partial charge in [-0.1, -0.05) is 11.6 Å². The van der Waals surface area contributed by atoms with Crippen molar-refractivity contribution in [1.29, 1.82) is 0 Å². The number of amides is 1. The van der Waals surface area contributed by atoms with Crippen molar-refractivity contribution >= 4 is 29.4 Å². The Morgan fingerprint density at radius 3 is 2.62 bits per heavy atom. The molecule has 0 bridgehead atoms. The van der Waals surface area contributed by atoms with E-state index >= 15 is 0 Å². The molecule has 0 saturated heterocycles. The number of halogens is 1. The summed E-state index contributed by atoms with van der Waals surface area (Å²) in [4.78, 5) is 11.9. The molecule has 1 aromatic heterocycles. The lowest BCUT2D eigenvalue weighted by Crippen LogP contribution is -2.34. The molecule has 1 atom stereocenters. The highest BCUT2D eigenvalue weighted by atomic mass is 35.5. The van der Waals surface area contributed by atoms with Gasteiger partial charge in [0, 0.05) is 10.7 Å². The van der Waals surface area contributed by atoms with Gasteiger partial charge in [0.25, 0.3) is 5.91 Å². The molecule has 0 saturated carbocycles. The van der Waals surface area contributed by atoms with Gasteiger partial charge in [-0.2, -0.15) is 5.10 Å². The Kier molecular flexibility index (Phi) is 5.00. The van der Waals surface area contributed by atoms with Gasteiger partial charge in [-0.15, -0.1) is 0 Å². The highest BCUT2D eigenvalue weighted by Gasteiger charge is 2.11. The first kappa shape index (κ1) is 15.1. The van der Waals surface area contributed by atoms with Crippen molar-refractivity contribution in [2.75, 3.05) is 5.32 Å². The van der Waals surface area contributed by atoms with Crippen LogP contribution in [-0.4, -0.2) is 18.2 Å². The van der Waals surface area contributed by atoms with E-state index in [1.165, 1.54) is 6.21 Å². The van der Waals surface area contributed by atoms with Gasteiger partial charge < -0.3 is 9.73 Å². The predicted molar refractivity (Wildman–Crippen MR) is 83.7 cm³/mol. The number of rotatable bonds is 5. The lowest BCUT2D eigenvalue weighted by molar-refractivity contribution is -0.121. The third kappa shape index (κ3) is 4.65. The van der Waals surface area contributed by atoms with Crippen LogP contribution in [0.2, 0.25) is 5.02 Å². The lowest BCUT2D eigenvalue weighted by atomic mass is 10.2. The monoisotopic (exact) mass is 305 g/mol. The van der Waals surface area contributed by atoms with Gasteiger partial charge in [-0.3, -0.25) is 4.79 Å². The van der Waals surface area contributed by atoms with Crippen LogP contribution in [0.5, 0.6) is 0 Å². The Hall–Kier alpha value is -2.27. The molecule has 6 heteroatoms. The summed E-state index contributed by atoms with van der Waals surface area (Å²) in [6.45, 7) is 3.59. The molecule has 2 aromatic rings. The molecule has 1 unspecified atom stereocenters. The SMILES string of the molecule is Cc1ccc(C=NNC(=O)C(C)Nc2ccc(Cl)cc2)o1. The first-order chi connectivity index (χ1) is 10.0. The molecule has 2 N–H and O–H groups in total. The van der Waals surface area contributed by atoms with Crippen LogP contribution in [0.15, 0.2) is 45.9 Å². The average Bonchev–Trinajstić information content (AvgIpc) is 2.87. The summed E-state index contributed by atoms with van der Waals surface area (Å²) in [7, 11) is 0. The molecule has 5 nitrogen and oxygen atoms in total. The quantitative estimate of drug-likeness (QED) is 0.658. The molecule has 110 valence electrons. The van der Waals surface area contributed by atoms with Crippen LogP contribution in [0, 0.1) is 6.92 Å². The van der Waals surface area contributed by atoms with Gasteiger partial charge >= 0.3 is 0 Å². The van der Waals surface area contributed by atoms with E-state index in [0.29, 0.717) is 10.8 Å². The van der Waals surface area contributed by atoms with E-state index in [0.717, 1.165) is 11.4 Å². The summed E-state index contributed by atoms with van der Waals surface area (Å²) in [5.74, 6) is 1.14. The summed E-state index contributed by atoms with van der Waals surface area (Å²) < 4.78 is 5.30. The van der Waals surface area contributed by atoms with Crippen molar-refractivity contribution in [1.82, 2.24) is 5.43 Å². The summed E-state index contributed by atoms with van der Waals surface area (Å²) in [6.07, 6.45) is 1.46. The summed E-state index contributed by atoms with van der Waals surface area (Å²) in [5.41, 5.74) is 3.27. The molecule has 2 rings (SSSR count). The second kappa shape index (κ2) is 6.95. The van der Waals surface area contributed by atoms with Gasteiger partial charge in [-0.25, -0.2) is 5.43 Å². The molecule has 0 fully saturated rings. The molecule has 1 amide bonds. The summed E-state index contributed by atoms with van der Waals surface area (Å²) in [6, 6.07) is 10.3. The smallest absolute Gasteiger partial charge is 0.262 e. The van der Waals surface area contributed by atoms with Crippen LogP contribution >= 0.6 is 11.6 Å². The number of hydrogen-bond donors (Lipinski definition) is 2. The van der Waals surface area contributed by atoms with Gasteiger partial charge in [0.05, 0.1) is 6.21 Å². The number of hydrogen-bond acceptors (Lipinski definition) is 4. The zero-order chi connectivity index (χ0) is 15.2. The molecule has 1 aromatic carbocycles. The Labute approximate surface area is 128 Å². The number of carbonyl (C=O) groups excluding carboxylic acids is 1. The Morgan fingerprint density at radius 2 is 2.00 bits per heavy atom. The number of nitrogens with zero attached hydrogens (tertiary/aromatic N) is 1. The molecule has 0 aliphatic carbocycles. The van der Waals surface area contributed by atoms with Crippen LogP contribution in [0.1, 0.15) is 18.4 Å². The number of aryl methyl sites for hydroxylation is 1. The second-order valence-corrected chi connectivity index (χ2v) is 4.99. The van der Waals surface area contributed by atoms with E-state index in [9.17, 15) is 4.79 Å². The molecular weight excluding hydrogens is 290 g/mol.